The van der Waals surface area contributed by atoms with Crippen LogP contribution >= 0.6 is 12.6 Å². The minimum Gasteiger partial charge on any atom is -0.489 e. The lowest BCUT2D eigenvalue weighted by molar-refractivity contribution is -0.0413. The highest BCUT2D eigenvalue weighted by Crippen LogP contribution is 2.46. The number of para-hydroxylation sites is 2. The lowest BCUT2D eigenvalue weighted by Crippen LogP contribution is -2.48. The van der Waals surface area contributed by atoms with Gasteiger partial charge in [0.15, 0.2) is 34.0 Å². The third-order valence-corrected chi connectivity index (χ3v) is 20.0. The van der Waals surface area contributed by atoms with Gasteiger partial charge in [0.2, 0.25) is 0 Å². The van der Waals surface area contributed by atoms with Crippen LogP contribution in [-0.4, -0.2) is 64.2 Å². The summed E-state index contributed by atoms with van der Waals surface area (Å²) in [4.78, 5) is 30.4. The zero-order valence-corrected chi connectivity index (χ0v) is 35.0. The summed E-state index contributed by atoms with van der Waals surface area (Å²) in [6, 6.07) is 12.6. The van der Waals surface area contributed by atoms with E-state index in [2.05, 4.69) is 101 Å². The molecule has 2 amide bonds. The van der Waals surface area contributed by atoms with Crippen LogP contribution in [-0.2, 0) is 19.3 Å². The first-order valence-electron chi connectivity index (χ1n) is 17.8. The number of benzene rings is 2. The number of anilines is 3. The number of carbonyl (C=O) groups excluding carboxylic acids is 1. The van der Waals surface area contributed by atoms with E-state index in [4.69, 9.17) is 23.1 Å². The fraction of sp³-hybridized carbons (Fsp3) is 0.541. The summed E-state index contributed by atoms with van der Waals surface area (Å²) in [6.45, 7) is 23.0. The fourth-order valence-corrected chi connectivity index (χ4v) is 8.03. The molecule has 2 aromatic carbocycles. The Hall–Kier alpha value is -3.35. The number of nitrogens with one attached hydrogen (secondary N) is 3. The first kappa shape index (κ1) is 39.9. The Kier molecular flexibility index (Phi) is 11.9. The molecule has 3 atom stereocenters. The minimum absolute atomic E-state index is 0.000397. The number of ether oxygens (including phenoxy) is 3. The van der Waals surface area contributed by atoms with Crippen molar-refractivity contribution in [3.05, 3.63) is 64.7 Å². The molecule has 2 aliphatic rings. The van der Waals surface area contributed by atoms with Crippen molar-refractivity contribution in [1.29, 1.82) is 0 Å². The third kappa shape index (κ3) is 9.05. The minimum atomic E-state index is -2.17. The van der Waals surface area contributed by atoms with E-state index in [-0.39, 0.29) is 47.3 Å². The second-order valence-corrected chi connectivity index (χ2v) is 26.3. The predicted octanol–water partition coefficient (Wildman–Crippen LogP) is 8.42. The van der Waals surface area contributed by atoms with E-state index >= 15 is 0 Å². The second kappa shape index (κ2) is 15.6. The molecular weight excluding hydrogens is 715 g/mol. The Morgan fingerprint density at radius 3 is 2.42 bits per heavy atom. The van der Waals surface area contributed by atoms with E-state index in [0.29, 0.717) is 47.4 Å². The van der Waals surface area contributed by atoms with Gasteiger partial charge in [0.1, 0.15) is 30.4 Å². The van der Waals surface area contributed by atoms with Crippen molar-refractivity contribution < 1.29 is 27.9 Å². The van der Waals surface area contributed by atoms with E-state index in [1.54, 1.807) is 12.3 Å². The highest BCUT2D eigenvalue weighted by molar-refractivity contribution is 7.79. The average molecular weight is 770 g/mol. The van der Waals surface area contributed by atoms with Crippen LogP contribution in [0.15, 0.2) is 53.5 Å². The van der Waals surface area contributed by atoms with Crippen LogP contribution in [0.1, 0.15) is 59.8 Å². The molecule has 2 aliphatic heterocycles. The zero-order chi connectivity index (χ0) is 38.1. The SMILES string of the molecule is CC(C)(C)[Si](C)(C)OC[C@H]1O[C@@H](n2cc3c(nc2=O)Nc2c(OCCNC(=O)Nc4ccccc4CS)cccc2O3)C[C@@H]1O[Si](C)(C)C(C)(C)C. The van der Waals surface area contributed by atoms with E-state index in [1.165, 1.54) is 4.57 Å². The van der Waals surface area contributed by atoms with E-state index in [0.717, 1.165) is 5.56 Å². The molecule has 15 heteroatoms. The number of hydrogen-bond acceptors (Lipinski definition) is 10. The van der Waals surface area contributed by atoms with Gasteiger partial charge in [0.25, 0.3) is 0 Å². The number of hydrogen-bond donors (Lipinski definition) is 4. The molecule has 0 spiro atoms. The molecule has 0 radical (unpaired) electrons. The van der Waals surface area contributed by atoms with Gasteiger partial charge in [0.05, 0.1) is 25.5 Å². The van der Waals surface area contributed by atoms with Crippen LogP contribution < -0.4 is 31.1 Å². The maximum Gasteiger partial charge on any atom is 0.351 e. The first-order valence-corrected chi connectivity index (χ1v) is 24.3. The number of rotatable bonds is 12. The summed E-state index contributed by atoms with van der Waals surface area (Å²) in [6.07, 6.45) is 0.924. The monoisotopic (exact) mass is 769 g/mol. The topological polar surface area (TPSA) is 134 Å². The molecule has 3 aromatic rings. The van der Waals surface area contributed by atoms with Crippen molar-refractivity contribution in [2.24, 2.45) is 0 Å². The molecule has 0 saturated carbocycles. The summed E-state index contributed by atoms with van der Waals surface area (Å²) in [5.74, 6) is 2.17. The van der Waals surface area contributed by atoms with Gasteiger partial charge in [-0.05, 0) is 60.0 Å². The standard InChI is InChI=1S/C37H55N5O7SSi2/c1-36(2,3)51(7,8)46-22-30-28(49-52(9,10)37(4,5)6)20-31(48-30)42-21-29-33(41-35(42)44)40-32-26(16-13-17-27(32)47-29)45-19-18-38-34(43)39-25-15-12-11-14-24(25)23-50/h11-17,21,28,30-31,50H,18-20,22-23H2,1-10H3,(H2,38,39,43)(H,40,41,44)/t28-,30+,31+/m0/s1. The molecule has 5 rings (SSSR count). The third-order valence-electron chi connectivity index (χ3n) is 10.6. The number of thiol groups is 1. The van der Waals surface area contributed by atoms with Crippen molar-refractivity contribution >= 4 is 52.5 Å². The van der Waals surface area contributed by atoms with Crippen LogP contribution in [0.5, 0.6) is 17.2 Å². The van der Waals surface area contributed by atoms with Crippen molar-refractivity contribution in [2.75, 3.05) is 30.4 Å². The Morgan fingerprint density at radius 1 is 1.02 bits per heavy atom. The molecule has 1 aromatic heterocycles. The van der Waals surface area contributed by atoms with E-state index in [1.807, 2.05) is 36.4 Å². The average Bonchev–Trinajstić information content (AvgIpc) is 3.45. The smallest absolute Gasteiger partial charge is 0.351 e. The number of carbonyl (C=O) groups is 1. The Balaban J connectivity index is 1.27. The first-order chi connectivity index (χ1) is 24.3. The lowest BCUT2D eigenvalue weighted by atomic mass is 10.2. The predicted molar refractivity (Wildman–Crippen MR) is 214 cm³/mol. The van der Waals surface area contributed by atoms with E-state index in [9.17, 15) is 9.59 Å². The van der Waals surface area contributed by atoms with Gasteiger partial charge in [0, 0.05) is 17.9 Å². The van der Waals surface area contributed by atoms with Gasteiger partial charge in [-0.3, -0.25) is 4.57 Å². The van der Waals surface area contributed by atoms with Crippen molar-refractivity contribution in [1.82, 2.24) is 14.9 Å². The largest absolute Gasteiger partial charge is 0.489 e. The summed E-state index contributed by atoms with van der Waals surface area (Å²) < 4.78 is 33.9. The van der Waals surface area contributed by atoms with Gasteiger partial charge in [-0.25, -0.2) is 9.59 Å². The zero-order valence-electron chi connectivity index (χ0n) is 32.1. The number of urea groups is 1. The van der Waals surface area contributed by atoms with Crippen LogP contribution in [0.2, 0.25) is 36.3 Å². The van der Waals surface area contributed by atoms with Crippen LogP contribution in [0.4, 0.5) is 22.0 Å². The highest BCUT2D eigenvalue weighted by atomic mass is 32.1. The van der Waals surface area contributed by atoms with Crippen molar-refractivity contribution in [3.8, 4) is 17.2 Å². The molecule has 3 heterocycles. The molecule has 284 valence electrons. The molecule has 3 N–H and O–H groups in total. The highest BCUT2D eigenvalue weighted by Gasteiger charge is 2.47. The number of aromatic nitrogens is 2. The lowest BCUT2D eigenvalue weighted by Gasteiger charge is -2.40. The molecule has 0 unspecified atom stereocenters. The van der Waals surface area contributed by atoms with Crippen LogP contribution in [0, 0.1) is 0 Å². The molecule has 0 aliphatic carbocycles. The van der Waals surface area contributed by atoms with Gasteiger partial charge < -0.3 is 39.0 Å². The second-order valence-electron chi connectivity index (χ2n) is 16.4. The molecule has 52 heavy (non-hydrogen) atoms. The normalized spacial score (nSPS) is 18.9. The Labute approximate surface area is 315 Å². The summed E-state index contributed by atoms with van der Waals surface area (Å²) in [5, 5.41) is 8.91. The number of amides is 2. The van der Waals surface area contributed by atoms with Gasteiger partial charge in [-0.1, -0.05) is 65.8 Å². The van der Waals surface area contributed by atoms with Crippen molar-refractivity contribution in [3.63, 3.8) is 0 Å². The summed E-state index contributed by atoms with van der Waals surface area (Å²) in [5.41, 5.74) is 1.68. The van der Waals surface area contributed by atoms with E-state index < -0.39 is 28.6 Å². The maximum absolute atomic E-state index is 13.6. The molecule has 12 nitrogen and oxygen atoms in total. The van der Waals surface area contributed by atoms with Gasteiger partial charge in [-0.2, -0.15) is 17.6 Å². The van der Waals surface area contributed by atoms with Crippen LogP contribution in [0.3, 0.4) is 0 Å². The number of nitrogens with zero attached hydrogens (tertiary/aromatic N) is 2. The molecular formula is C37H55N5O7SSi2. The fourth-order valence-electron chi connectivity index (χ4n) is 5.38. The number of fused-ring (bicyclic) bond motifs is 2. The Bertz CT molecular complexity index is 1810. The van der Waals surface area contributed by atoms with Gasteiger partial charge >= 0.3 is 11.7 Å². The van der Waals surface area contributed by atoms with Gasteiger partial charge in [-0.15, -0.1) is 0 Å². The van der Waals surface area contributed by atoms with Crippen LogP contribution in [0.25, 0.3) is 0 Å². The quantitative estimate of drug-likeness (QED) is 0.0637. The molecule has 1 fully saturated rings. The molecule has 1 saturated heterocycles. The molecule has 0 bridgehead atoms. The maximum atomic E-state index is 13.6. The Morgan fingerprint density at radius 2 is 1.73 bits per heavy atom. The summed E-state index contributed by atoms with van der Waals surface area (Å²) in [7, 11) is -4.24. The summed E-state index contributed by atoms with van der Waals surface area (Å²) >= 11 is 4.32. The van der Waals surface area contributed by atoms with Crippen molar-refractivity contribution in [2.45, 2.75) is 108 Å².